The monoisotopic (exact) mass is 952 g/mol. The van der Waals surface area contributed by atoms with Crippen molar-refractivity contribution in [1.82, 2.24) is 29.5 Å². The minimum absolute atomic E-state index is 0.0412. The van der Waals surface area contributed by atoms with E-state index < -0.39 is 83.4 Å². The highest BCUT2D eigenvalue weighted by atomic mass is 35.5. The van der Waals surface area contributed by atoms with E-state index in [-0.39, 0.29) is 51.8 Å². The molecule has 0 aliphatic rings. The normalized spacial score (nSPS) is 12.9. The molecule has 0 fully saturated rings. The summed E-state index contributed by atoms with van der Waals surface area (Å²) >= 11 is 11.5. The molecule has 330 valence electrons. The molecule has 0 spiro atoms. The lowest BCUT2D eigenvalue weighted by Crippen LogP contribution is -2.36. The number of nitrogen functional groups attached to an aromatic ring is 1. The summed E-state index contributed by atoms with van der Waals surface area (Å²) in [5.41, 5.74) is 8.87. The summed E-state index contributed by atoms with van der Waals surface area (Å²) in [4.78, 5) is 51.6. The predicted octanol–water partition coefficient (Wildman–Crippen LogP) is 3.57. The van der Waals surface area contributed by atoms with Crippen molar-refractivity contribution in [3.8, 4) is 17.4 Å². The molecule has 0 saturated heterocycles. The summed E-state index contributed by atoms with van der Waals surface area (Å²) in [7, 11) is -8.95. The second kappa shape index (κ2) is 20.7. The smallest absolute Gasteiger partial charge is 0.416 e. The number of aliphatic carboxylic acids is 1. The van der Waals surface area contributed by atoms with Gasteiger partial charge in [0.05, 0.1) is 46.6 Å². The molecule has 0 bridgehead atoms. The summed E-state index contributed by atoms with van der Waals surface area (Å²) in [5, 5.41) is 23.1. The number of nitrogens with one attached hydrogen (secondary N) is 2. The number of nitrogens with two attached hydrogens (primary N) is 2. The number of halogens is 5. The second-order valence-corrected chi connectivity index (χ2v) is 18.6. The van der Waals surface area contributed by atoms with Gasteiger partial charge in [0.25, 0.3) is 10.0 Å². The van der Waals surface area contributed by atoms with Gasteiger partial charge in [-0.25, -0.2) is 27.6 Å². The third kappa shape index (κ3) is 14.4. The Kier molecular flexibility index (Phi) is 17.5. The van der Waals surface area contributed by atoms with Crippen LogP contribution in [0, 0.1) is 10.1 Å². The minimum atomic E-state index is -4.63. The summed E-state index contributed by atoms with van der Waals surface area (Å²) in [6, 6.07) is 2.71. The number of nitro groups is 1. The molecule has 2 amide bonds. The van der Waals surface area contributed by atoms with Gasteiger partial charge in [0.2, 0.25) is 23.5 Å². The first kappa shape index (κ1) is 50.8. The highest BCUT2D eigenvalue weighted by Gasteiger charge is 2.33. The van der Waals surface area contributed by atoms with Crippen LogP contribution >= 0.6 is 30.6 Å². The van der Waals surface area contributed by atoms with Crippen LogP contribution < -0.4 is 31.0 Å². The van der Waals surface area contributed by atoms with Gasteiger partial charge < -0.3 is 30.9 Å². The van der Waals surface area contributed by atoms with E-state index in [1.165, 1.54) is 39.9 Å². The van der Waals surface area contributed by atoms with Crippen molar-refractivity contribution < 1.29 is 68.6 Å². The molecule has 1 aromatic carbocycles. The zero-order valence-corrected chi connectivity index (χ0v) is 35.2. The Bertz CT molecular complexity index is 2450. The van der Waals surface area contributed by atoms with Crippen LogP contribution in [0.3, 0.4) is 0 Å². The molecule has 2 unspecified atom stereocenters. The van der Waals surface area contributed by atoms with E-state index in [1.807, 2.05) is 0 Å². The standard InChI is InChI=1S/C14H17N5O7S2.C10H5Cl2F3N4O2.C5H12NO4P/c1-4-27(21,22)9-6-5-7-15-12(9)28(23,24)19-14(20)18-13-16-10(25-2)8-11(17-13)26-3;11-5-1-4(10(13,14)15)2-6(12)8(5)18-9(16)7(3-17-18)19(20)21;1-11(9,10)3-2-4(6)5(7)8/h5-8H,4H2,1-3H3,(H2,16,17,18,19,20);1-3H,16H2;4H,2-3,6H2,1H3,(H,7,8)(H,9,10). The largest absolute Gasteiger partial charge is 0.481 e. The van der Waals surface area contributed by atoms with Gasteiger partial charge >= 0.3 is 23.9 Å². The van der Waals surface area contributed by atoms with Crippen LogP contribution in [-0.4, -0.2) is 107 Å². The van der Waals surface area contributed by atoms with Crippen molar-refractivity contribution in [2.24, 2.45) is 5.73 Å². The Hall–Kier alpha value is -5.38. The fourth-order valence-corrected chi connectivity index (χ4v) is 7.99. The summed E-state index contributed by atoms with van der Waals surface area (Å²) < 4.78 is 110. The van der Waals surface area contributed by atoms with E-state index in [4.69, 9.17) is 54.1 Å². The number of carbonyl (C=O) groups is 2. The van der Waals surface area contributed by atoms with E-state index in [0.29, 0.717) is 12.1 Å². The van der Waals surface area contributed by atoms with Gasteiger partial charge in [0.15, 0.2) is 22.2 Å². The highest BCUT2D eigenvalue weighted by molar-refractivity contribution is 7.93. The molecular weight excluding hydrogens is 919 g/mol. The number of alkyl halides is 3. The number of amides is 2. The molecule has 3 heterocycles. The molecule has 4 rings (SSSR count). The second-order valence-electron chi connectivity index (χ2n) is 11.4. The number of carbonyl (C=O) groups excluding carboxylic acids is 1. The van der Waals surface area contributed by atoms with Gasteiger partial charge in [0.1, 0.15) is 22.8 Å². The van der Waals surface area contributed by atoms with Crippen molar-refractivity contribution in [2.45, 2.75) is 35.5 Å². The molecule has 0 radical (unpaired) electrons. The number of hydrogen-bond donors (Lipinski definition) is 6. The molecule has 0 aliphatic carbocycles. The van der Waals surface area contributed by atoms with E-state index >= 15 is 0 Å². The third-order valence-corrected chi connectivity index (χ3v) is 11.8. The van der Waals surface area contributed by atoms with Crippen molar-refractivity contribution in [3.63, 3.8) is 0 Å². The average Bonchev–Trinajstić information content (AvgIpc) is 3.53. The van der Waals surface area contributed by atoms with Crippen molar-refractivity contribution in [3.05, 3.63) is 68.4 Å². The fraction of sp³-hybridized carbons (Fsp3) is 0.310. The highest BCUT2D eigenvalue weighted by Crippen LogP contribution is 2.39. The number of hydrogen-bond acceptors (Lipinski definition) is 17. The first-order chi connectivity index (χ1) is 27.6. The topological polar surface area (TPSA) is 354 Å². The number of nitrogens with zero attached hydrogens (tertiary/aromatic N) is 6. The number of sulfone groups is 1. The maximum atomic E-state index is 12.6. The number of pyridine rings is 1. The van der Waals surface area contributed by atoms with E-state index in [0.717, 1.165) is 23.1 Å². The minimum Gasteiger partial charge on any atom is -0.481 e. The lowest BCUT2D eigenvalue weighted by Gasteiger charge is -2.12. The summed E-state index contributed by atoms with van der Waals surface area (Å²) in [5.74, 6) is -2.06. The number of ether oxygens (including phenoxy) is 2. The lowest BCUT2D eigenvalue weighted by molar-refractivity contribution is -0.383. The zero-order valence-electron chi connectivity index (χ0n) is 31.1. The molecule has 23 nitrogen and oxygen atoms in total. The Labute approximate surface area is 347 Å². The van der Waals surface area contributed by atoms with Crippen molar-refractivity contribution in [2.75, 3.05) is 43.8 Å². The van der Waals surface area contributed by atoms with Gasteiger partial charge in [-0.3, -0.25) is 24.8 Å². The maximum absolute atomic E-state index is 12.6. The van der Waals surface area contributed by atoms with Crippen LogP contribution in [0.1, 0.15) is 18.9 Å². The molecule has 8 N–H and O–H groups in total. The number of anilines is 2. The third-order valence-electron chi connectivity index (χ3n) is 6.97. The van der Waals surface area contributed by atoms with Crippen molar-refractivity contribution >= 4 is 79.9 Å². The first-order valence-corrected chi connectivity index (χ1v) is 22.1. The van der Waals surface area contributed by atoms with E-state index in [2.05, 4.69) is 25.4 Å². The van der Waals surface area contributed by atoms with E-state index in [9.17, 15) is 54.3 Å². The average molecular weight is 954 g/mol. The number of methoxy groups -OCH3 is 2. The first-order valence-electron chi connectivity index (χ1n) is 15.9. The summed E-state index contributed by atoms with van der Waals surface area (Å²) in [6.45, 7) is 2.54. The summed E-state index contributed by atoms with van der Waals surface area (Å²) in [6.07, 6.45) is -2.69. The number of sulfonamides is 1. The van der Waals surface area contributed by atoms with Crippen LogP contribution in [0.15, 0.2) is 52.6 Å². The van der Waals surface area contributed by atoms with E-state index in [1.54, 1.807) is 4.72 Å². The molecule has 3 aromatic heterocycles. The SMILES string of the molecule is CCS(=O)(=O)c1cccnc1S(=O)(=O)NC(=O)Nc1nc(OC)cc(OC)n1.CP(=O)(O)CCC(N)C(=O)O.Nc1c([N+](=O)[O-])cnn1-c1c(Cl)cc(C(F)(F)F)cc1Cl. The van der Waals surface area contributed by atoms with Gasteiger partial charge in [-0.05, 0) is 30.7 Å². The van der Waals surface area contributed by atoms with Crippen molar-refractivity contribution in [1.29, 1.82) is 0 Å². The molecule has 60 heavy (non-hydrogen) atoms. The van der Waals surface area contributed by atoms with Crippen LogP contribution in [0.2, 0.25) is 10.0 Å². The van der Waals surface area contributed by atoms with Gasteiger partial charge in [0, 0.05) is 19.0 Å². The molecule has 0 aliphatic heterocycles. The Morgan fingerprint density at radius 2 is 1.65 bits per heavy atom. The molecular formula is C29H34Cl2F3N10O13PS2. The Balaban J connectivity index is 0.000000340. The van der Waals surface area contributed by atoms with Crippen LogP contribution in [-0.2, 0) is 35.4 Å². The number of carboxylic acids is 1. The van der Waals surface area contributed by atoms with Crippen LogP contribution in [0.25, 0.3) is 5.69 Å². The maximum Gasteiger partial charge on any atom is 0.416 e. The van der Waals surface area contributed by atoms with Gasteiger partial charge in [-0.15, -0.1) is 0 Å². The van der Waals surface area contributed by atoms with Crippen LogP contribution in [0.5, 0.6) is 11.8 Å². The van der Waals surface area contributed by atoms with Crippen LogP contribution in [0.4, 0.5) is 35.4 Å². The molecule has 31 heteroatoms. The quantitative estimate of drug-likeness (QED) is 0.0633. The Morgan fingerprint density at radius 1 is 1.10 bits per heavy atom. The van der Waals surface area contributed by atoms with Gasteiger partial charge in [-0.2, -0.15) is 36.7 Å². The lowest BCUT2D eigenvalue weighted by atomic mass is 10.2. The molecule has 4 aromatic rings. The predicted molar refractivity (Wildman–Crippen MR) is 207 cm³/mol. The molecule has 2 atom stereocenters. The zero-order chi connectivity index (χ0) is 46.0. The number of rotatable bonds is 13. The number of benzene rings is 1. The Morgan fingerprint density at radius 3 is 2.08 bits per heavy atom. The number of urea groups is 1. The number of aromatic nitrogens is 5. The molecule has 0 saturated carbocycles. The van der Waals surface area contributed by atoms with Gasteiger partial charge in [-0.1, -0.05) is 30.1 Å². The fourth-order valence-electron chi connectivity index (χ4n) is 4.04. The number of carboxylic acid groups (broad SMARTS) is 1.